The van der Waals surface area contributed by atoms with E-state index >= 15 is 0 Å². The highest BCUT2D eigenvalue weighted by molar-refractivity contribution is 7.99. The number of nitrogens with zero attached hydrogens (tertiary/aromatic N) is 1. The van der Waals surface area contributed by atoms with Crippen molar-refractivity contribution < 1.29 is 9.53 Å². The highest BCUT2D eigenvalue weighted by atomic mass is 32.2. The number of aromatic amines is 1. The number of nitrogens with one attached hydrogen (secondary N) is 1. The summed E-state index contributed by atoms with van der Waals surface area (Å²) in [6.07, 6.45) is 3.14. The third-order valence-corrected chi connectivity index (χ3v) is 6.16. The highest BCUT2D eigenvalue weighted by Gasteiger charge is 2.21. The van der Waals surface area contributed by atoms with Crippen LogP contribution in [0.3, 0.4) is 0 Å². The number of fused-ring (bicyclic) bond motifs is 3. The van der Waals surface area contributed by atoms with Crippen LogP contribution in [0.5, 0.6) is 5.75 Å². The Morgan fingerprint density at radius 3 is 2.96 bits per heavy atom. The fourth-order valence-electron chi connectivity index (χ4n) is 3.00. The number of hydrogen-bond donors (Lipinski definition) is 1. The third-order valence-electron chi connectivity index (χ3n) is 4.06. The molecular weight excluding hydrogens is 356 g/mol. The molecule has 1 aliphatic rings. The molecule has 1 aliphatic carbocycles. The first-order chi connectivity index (χ1) is 12.2. The third kappa shape index (κ3) is 3.48. The Morgan fingerprint density at radius 2 is 2.12 bits per heavy atom. The number of rotatable bonds is 5. The molecule has 0 atom stereocenters. The van der Waals surface area contributed by atoms with Crippen LogP contribution in [0.1, 0.15) is 22.7 Å². The average molecular weight is 372 g/mol. The van der Waals surface area contributed by atoms with Gasteiger partial charge in [-0.2, -0.15) is 0 Å². The number of para-hydroxylation sites is 1. The minimum Gasteiger partial charge on any atom is -0.426 e. The Balaban J connectivity index is 1.40. The number of thioether (sulfide) groups is 1. The zero-order chi connectivity index (χ0) is 17.2. The van der Waals surface area contributed by atoms with Crippen LogP contribution in [0, 0.1) is 0 Å². The number of ether oxygens (including phenoxy) is 1. The van der Waals surface area contributed by atoms with Crippen molar-refractivity contribution in [3.05, 3.63) is 57.0 Å². The summed E-state index contributed by atoms with van der Waals surface area (Å²) in [4.78, 5) is 33.7. The van der Waals surface area contributed by atoms with Gasteiger partial charge in [0.2, 0.25) is 0 Å². The van der Waals surface area contributed by atoms with Gasteiger partial charge in [0.05, 0.1) is 16.9 Å². The second-order valence-electron chi connectivity index (χ2n) is 5.83. The van der Waals surface area contributed by atoms with Crippen molar-refractivity contribution in [2.75, 3.05) is 5.75 Å². The van der Waals surface area contributed by atoms with Crippen LogP contribution < -0.4 is 10.3 Å². The topological polar surface area (TPSA) is 72.0 Å². The van der Waals surface area contributed by atoms with Gasteiger partial charge < -0.3 is 9.72 Å². The molecule has 3 aromatic rings. The quantitative estimate of drug-likeness (QED) is 0.549. The van der Waals surface area contributed by atoms with Gasteiger partial charge in [-0.15, -0.1) is 23.1 Å². The summed E-state index contributed by atoms with van der Waals surface area (Å²) in [6.45, 7) is 0. The van der Waals surface area contributed by atoms with E-state index in [1.807, 2.05) is 18.2 Å². The van der Waals surface area contributed by atoms with Crippen LogP contribution in [0.15, 0.2) is 35.1 Å². The van der Waals surface area contributed by atoms with Crippen molar-refractivity contribution in [3.8, 4) is 5.75 Å². The van der Waals surface area contributed by atoms with Crippen LogP contribution in [0.2, 0.25) is 0 Å². The fraction of sp³-hybridized carbons (Fsp3) is 0.278. The van der Waals surface area contributed by atoms with Crippen LogP contribution in [-0.4, -0.2) is 21.7 Å². The molecule has 2 heterocycles. The van der Waals surface area contributed by atoms with Crippen molar-refractivity contribution in [2.45, 2.75) is 25.0 Å². The van der Waals surface area contributed by atoms with E-state index in [2.05, 4.69) is 9.97 Å². The van der Waals surface area contributed by atoms with Gasteiger partial charge in [-0.05, 0) is 37.0 Å². The highest BCUT2D eigenvalue weighted by Crippen LogP contribution is 2.34. The van der Waals surface area contributed by atoms with Gasteiger partial charge >= 0.3 is 5.97 Å². The first-order valence-electron chi connectivity index (χ1n) is 8.07. The Hall–Kier alpha value is -2.12. The summed E-state index contributed by atoms with van der Waals surface area (Å²) in [6, 6.07) is 8.98. The molecule has 0 fully saturated rings. The van der Waals surface area contributed by atoms with Crippen LogP contribution in [0.25, 0.3) is 10.2 Å². The maximum absolute atomic E-state index is 12.4. The van der Waals surface area contributed by atoms with Gasteiger partial charge in [0.15, 0.2) is 0 Å². The lowest BCUT2D eigenvalue weighted by Crippen LogP contribution is -2.13. The minimum atomic E-state index is -0.310. The predicted molar refractivity (Wildman–Crippen MR) is 101 cm³/mol. The summed E-state index contributed by atoms with van der Waals surface area (Å²) in [5.41, 5.74) is 1.12. The van der Waals surface area contributed by atoms with Gasteiger partial charge in [0.25, 0.3) is 5.56 Å². The SMILES string of the molecule is O=C(CSCc1nc2sc3c(c2c(=O)[nH]1)CCC3)Oc1ccccc1. The molecule has 7 heteroatoms. The second kappa shape index (κ2) is 7.01. The van der Waals surface area contributed by atoms with Gasteiger partial charge in [0.1, 0.15) is 16.4 Å². The molecule has 1 aromatic carbocycles. The lowest BCUT2D eigenvalue weighted by molar-refractivity contribution is -0.131. The Labute approximate surface area is 152 Å². The molecule has 0 saturated heterocycles. The van der Waals surface area contributed by atoms with Crippen molar-refractivity contribution in [3.63, 3.8) is 0 Å². The van der Waals surface area contributed by atoms with Crippen LogP contribution >= 0.6 is 23.1 Å². The molecule has 5 nitrogen and oxygen atoms in total. The number of thiophene rings is 1. The Bertz CT molecular complexity index is 979. The van der Waals surface area contributed by atoms with Gasteiger partial charge in [-0.3, -0.25) is 9.59 Å². The maximum atomic E-state index is 12.4. The summed E-state index contributed by atoms with van der Waals surface area (Å²) >= 11 is 3.00. The molecule has 4 rings (SSSR count). The number of esters is 1. The first-order valence-corrected chi connectivity index (χ1v) is 10.0. The summed E-state index contributed by atoms with van der Waals surface area (Å²) in [7, 11) is 0. The number of aromatic nitrogens is 2. The van der Waals surface area contributed by atoms with Gasteiger partial charge in [-0.1, -0.05) is 18.2 Å². The number of benzene rings is 1. The minimum absolute atomic E-state index is 0.0631. The summed E-state index contributed by atoms with van der Waals surface area (Å²) in [5, 5.41) is 0.759. The van der Waals surface area contributed by atoms with E-state index in [9.17, 15) is 9.59 Å². The zero-order valence-electron chi connectivity index (χ0n) is 13.4. The van der Waals surface area contributed by atoms with Gasteiger partial charge in [0, 0.05) is 4.88 Å². The van der Waals surface area contributed by atoms with Crippen LogP contribution in [-0.2, 0) is 23.4 Å². The largest absolute Gasteiger partial charge is 0.426 e. The van der Waals surface area contributed by atoms with Gasteiger partial charge in [-0.25, -0.2) is 4.98 Å². The molecule has 0 bridgehead atoms. The van der Waals surface area contributed by atoms with Crippen molar-refractivity contribution in [2.24, 2.45) is 0 Å². The molecule has 0 saturated carbocycles. The van der Waals surface area contributed by atoms with E-state index in [-0.39, 0.29) is 17.3 Å². The Kier molecular flexibility index (Phi) is 4.59. The first kappa shape index (κ1) is 16.4. The van der Waals surface area contributed by atoms with E-state index in [0.29, 0.717) is 17.3 Å². The van der Waals surface area contributed by atoms with Crippen LogP contribution in [0.4, 0.5) is 0 Å². The molecule has 0 unspecified atom stereocenters. The number of hydrogen-bond acceptors (Lipinski definition) is 6. The predicted octanol–water partition coefficient (Wildman–Crippen LogP) is 3.31. The summed E-state index contributed by atoms with van der Waals surface area (Å²) in [5.74, 6) is 1.51. The molecule has 0 spiro atoms. The van der Waals surface area contributed by atoms with E-state index in [1.54, 1.807) is 23.5 Å². The molecule has 0 radical (unpaired) electrons. The van der Waals surface area contributed by atoms with Crippen molar-refractivity contribution in [1.29, 1.82) is 0 Å². The fourth-order valence-corrected chi connectivity index (χ4v) is 4.93. The van der Waals surface area contributed by atoms with E-state index in [0.717, 1.165) is 29.5 Å². The van der Waals surface area contributed by atoms with E-state index in [1.165, 1.54) is 22.2 Å². The maximum Gasteiger partial charge on any atom is 0.321 e. The normalized spacial score (nSPS) is 13.1. The van der Waals surface area contributed by atoms with Crippen molar-refractivity contribution >= 4 is 39.3 Å². The summed E-state index contributed by atoms with van der Waals surface area (Å²) < 4.78 is 5.24. The smallest absolute Gasteiger partial charge is 0.321 e. The zero-order valence-corrected chi connectivity index (χ0v) is 15.0. The second-order valence-corrected chi connectivity index (χ2v) is 7.90. The average Bonchev–Trinajstić information content (AvgIpc) is 3.16. The molecule has 128 valence electrons. The number of aryl methyl sites for hydroxylation is 2. The monoisotopic (exact) mass is 372 g/mol. The van der Waals surface area contributed by atoms with E-state index in [4.69, 9.17) is 4.74 Å². The molecular formula is C18H16N2O3S2. The molecule has 0 amide bonds. The molecule has 2 aromatic heterocycles. The number of carbonyl (C=O) groups excluding carboxylic acids is 1. The molecule has 1 N–H and O–H groups in total. The molecule has 0 aliphatic heterocycles. The van der Waals surface area contributed by atoms with Crippen molar-refractivity contribution in [1.82, 2.24) is 9.97 Å². The number of H-pyrrole nitrogens is 1. The lowest BCUT2D eigenvalue weighted by Gasteiger charge is -2.04. The lowest BCUT2D eigenvalue weighted by atomic mass is 10.2. The number of carbonyl (C=O) groups is 1. The molecule has 25 heavy (non-hydrogen) atoms. The standard InChI is InChI=1S/C18H16N2O3S2/c21-15(23-11-5-2-1-3-6-11)10-24-9-14-19-17(22)16-12-7-4-8-13(12)25-18(16)20-14/h1-3,5-6H,4,7-10H2,(H,19,20,22). The van der Waals surface area contributed by atoms with E-state index < -0.39 is 0 Å². The Morgan fingerprint density at radius 1 is 1.28 bits per heavy atom.